The molecule has 24 heavy (non-hydrogen) atoms. The van der Waals surface area contributed by atoms with E-state index in [-0.39, 0.29) is 23.4 Å². The summed E-state index contributed by atoms with van der Waals surface area (Å²) >= 11 is 0. The topological polar surface area (TPSA) is 63.2 Å². The van der Waals surface area contributed by atoms with E-state index in [1.54, 1.807) is 31.2 Å². The number of hydrogen-bond acceptors (Lipinski definition) is 3. The molecule has 0 bridgehead atoms. The van der Waals surface area contributed by atoms with Crippen LogP contribution >= 0.6 is 0 Å². The molecule has 1 N–H and O–H groups in total. The molecule has 0 radical (unpaired) electrons. The van der Waals surface area contributed by atoms with E-state index in [0.717, 1.165) is 5.56 Å². The van der Waals surface area contributed by atoms with E-state index >= 15 is 0 Å². The number of hydrogen-bond donors (Lipinski definition) is 1. The number of aryl methyl sites for hydroxylation is 2. The Morgan fingerprint density at radius 3 is 2.25 bits per heavy atom. The molecule has 0 aliphatic heterocycles. The molecule has 0 spiro atoms. The van der Waals surface area contributed by atoms with Crippen LogP contribution in [0, 0.1) is 19.7 Å². The van der Waals surface area contributed by atoms with E-state index in [1.807, 2.05) is 6.92 Å². The number of benzene rings is 2. The van der Waals surface area contributed by atoms with Crippen LogP contribution in [0.5, 0.6) is 0 Å². The van der Waals surface area contributed by atoms with Gasteiger partial charge in [-0.3, -0.25) is 4.79 Å². The lowest BCUT2D eigenvalue weighted by Gasteiger charge is -2.17. The predicted molar refractivity (Wildman–Crippen MR) is 90.1 cm³/mol. The maximum Gasteiger partial charge on any atom is 0.246 e. The van der Waals surface area contributed by atoms with Gasteiger partial charge in [0.25, 0.3) is 0 Å². The van der Waals surface area contributed by atoms with Gasteiger partial charge in [-0.05, 0) is 56.5 Å². The van der Waals surface area contributed by atoms with Crippen LogP contribution in [0.25, 0.3) is 0 Å². The lowest BCUT2D eigenvalue weighted by atomic mass is 10.2. The maximum atomic E-state index is 13.6. The molecular formula is C18H18FNO3S. The van der Waals surface area contributed by atoms with Crippen molar-refractivity contribution in [2.24, 2.45) is 0 Å². The minimum Gasteiger partial charge on any atom is -0.325 e. The first-order valence-electron chi connectivity index (χ1n) is 7.65. The van der Waals surface area contributed by atoms with Crippen molar-refractivity contribution in [1.82, 2.24) is 0 Å². The Balaban J connectivity index is 1.88. The molecule has 126 valence electrons. The lowest BCUT2D eigenvalue weighted by molar-refractivity contribution is -0.116. The first-order valence-corrected chi connectivity index (χ1v) is 9.13. The van der Waals surface area contributed by atoms with Gasteiger partial charge in [-0.15, -0.1) is 0 Å². The van der Waals surface area contributed by atoms with Gasteiger partial charge in [0.15, 0.2) is 14.6 Å². The van der Waals surface area contributed by atoms with Crippen LogP contribution in [0.4, 0.5) is 10.1 Å². The van der Waals surface area contributed by atoms with Crippen molar-refractivity contribution >= 4 is 21.4 Å². The van der Waals surface area contributed by atoms with Gasteiger partial charge in [0, 0.05) is 5.69 Å². The molecule has 3 rings (SSSR count). The van der Waals surface area contributed by atoms with E-state index in [0.29, 0.717) is 5.56 Å². The van der Waals surface area contributed by atoms with Gasteiger partial charge in [-0.2, -0.15) is 0 Å². The second kappa shape index (κ2) is 5.70. The van der Waals surface area contributed by atoms with E-state index in [1.165, 1.54) is 18.2 Å². The SMILES string of the molecule is Cc1ccc(S(=O)(=O)C2(C(=O)Nc3ccc(C)c(F)c3)CC2)cc1. The van der Waals surface area contributed by atoms with Crippen LogP contribution in [0.15, 0.2) is 47.4 Å². The summed E-state index contributed by atoms with van der Waals surface area (Å²) in [6, 6.07) is 10.7. The summed E-state index contributed by atoms with van der Waals surface area (Å²) in [5.41, 5.74) is 1.66. The monoisotopic (exact) mass is 347 g/mol. The third kappa shape index (κ3) is 2.71. The zero-order valence-corrected chi connectivity index (χ0v) is 14.3. The van der Waals surface area contributed by atoms with Gasteiger partial charge in [0.1, 0.15) is 5.82 Å². The summed E-state index contributed by atoms with van der Waals surface area (Å²) in [5.74, 6) is -1.05. The molecular weight excluding hydrogens is 329 g/mol. The molecule has 1 fully saturated rings. The maximum absolute atomic E-state index is 13.6. The van der Waals surface area contributed by atoms with Crippen LogP contribution in [0.1, 0.15) is 24.0 Å². The molecule has 1 amide bonds. The Morgan fingerprint density at radius 1 is 1.08 bits per heavy atom. The van der Waals surface area contributed by atoms with Crippen molar-refractivity contribution < 1.29 is 17.6 Å². The third-order valence-electron chi connectivity index (χ3n) is 4.39. The average Bonchev–Trinajstić information content (AvgIpc) is 3.34. The van der Waals surface area contributed by atoms with Gasteiger partial charge in [0.05, 0.1) is 4.90 Å². The third-order valence-corrected chi connectivity index (χ3v) is 6.91. The normalized spacial score (nSPS) is 15.8. The summed E-state index contributed by atoms with van der Waals surface area (Å²) in [7, 11) is -3.79. The number of nitrogens with one attached hydrogen (secondary N) is 1. The van der Waals surface area contributed by atoms with E-state index < -0.39 is 26.3 Å². The van der Waals surface area contributed by atoms with E-state index in [9.17, 15) is 17.6 Å². The Kier molecular flexibility index (Phi) is 3.95. The number of amides is 1. The number of sulfone groups is 1. The summed E-state index contributed by atoms with van der Waals surface area (Å²) in [6.45, 7) is 3.48. The number of anilines is 1. The van der Waals surface area contributed by atoms with E-state index in [4.69, 9.17) is 0 Å². The summed E-state index contributed by atoms with van der Waals surface area (Å²) in [4.78, 5) is 12.7. The van der Waals surface area contributed by atoms with Crippen molar-refractivity contribution in [2.45, 2.75) is 36.3 Å². The molecule has 2 aromatic rings. The van der Waals surface area contributed by atoms with Crippen molar-refractivity contribution in [3.8, 4) is 0 Å². The fourth-order valence-electron chi connectivity index (χ4n) is 2.59. The van der Waals surface area contributed by atoms with Crippen LogP contribution in [-0.2, 0) is 14.6 Å². The molecule has 0 aromatic heterocycles. The summed E-state index contributed by atoms with van der Waals surface area (Å²) in [6.07, 6.45) is 0.534. The lowest BCUT2D eigenvalue weighted by Crippen LogP contribution is -2.37. The largest absolute Gasteiger partial charge is 0.325 e. The minimum atomic E-state index is -3.79. The van der Waals surface area contributed by atoms with Crippen molar-refractivity contribution in [1.29, 1.82) is 0 Å². The number of carbonyl (C=O) groups is 1. The molecule has 0 saturated heterocycles. The Bertz CT molecular complexity index is 900. The summed E-state index contributed by atoms with van der Waals surface area (Å²) in [5, 5.41) is 2.54. The van der Waals surface area contributed by atoms with Gasteiger partial charge in [0.2, 0.25) is 5.91 Å². The zero-order chi connectivity index (χ0) is 17.5. The predicted octanol–water partition coefficient (Wildman–Crippen LogP) is 3.39. The zero-order valence-electron chi connectivity index (χ0n) is 13.5. The molecule has 0 unspecified atom stereocenters. The van der Waals surface area contributed by atoms with Crippen LogP contribution in [0.2, 0.25) is 0 Å². The van der Waals surface area contributed by atoms with Gasteiger partial charge < -0.3 is 5.32 Å². The molecule has 1 aliphatic rings. The molecule has 2 aromatic carbocycles. The van der Waals surface area contributed by atoms with Gasteiger partial charge in [-0.1, -0.05) is 23.8 Å². The molecule has 0 atom stereocenters. The van der Waals surface area contributed by atoms with Crippen LogP contribution in [-0.4, -0.2) is 19.1 Å². The molecule has 1 saturated carbocycles. The quantitative estimate of drug-likeness (QED) is 0.922. The smallest absolute Gasteiger partial charge is 0.246 e. The highest BCUT2D eigenvalue weighted by molar-refractivity contribution is 7.94. The molecule has 4 nitrogen and oxygen atoms in total. The highest BCUT2D eigenvalue weighted by atomic mass is 32.2. The Labute approximate surface area is 140 Å². The highest BCUT2D eigenvalue weighted by Crippen LogP contribution is 2.47. The standard InChI is InChI=1S/C18H18FNO3S/c1-12-3-7-15(8-4-12)24(22,23)18(9-10-18)17(21)20-14-6-5-13(2)16(19)11-14/h3-8,11H,9-10H2,1-2H3,(H,20,21). The Morgan fingerprint density at radius 2 is 1.71 bits per heavy atom. The second-order valence-corrected chi connectivity index (χ2v) is 8.49. The number of carbonyl (C=O) groups excluding carboxylic acids is 1. The van der Waals surface area contributed by atoms with E-state index in [2.05, 4.69) is 5.32 Å². The molecule has 1 aliphatic carbocycles. The molecule has 0 heterocycles. The van der Waals surface area contributed by atoms with Gasteiger partial charge >= 0.3 is 0 Å². The Hall–Kier alpha value is -2.21. The van der Waals surface area contributed by atoms with Crippen molar-refractivity contribution in [3.63, 3.8) is 0 Å². The van der Waals surface area contributed by atoms with Crippen LogP contribution in [0.3, 0.4) is 0 Å². The highest BCUT2D eigenvalue weighted by Gasteiger charge is 2.61. The van der Waals surface area contributed by atoms with Crippen LogP contribution < -0.4 is 5.32 Å². The van der Waals surface area contributed by atoms with Crippen molar-refractivity contribution in [3.05, 3.63) is 59.4 Å². The summed E-state index contributed by atoms with van der Waals surface area (Å²) < 4.78 is 37.8. The van der Waals surface area contributed by atoms with Gasteiger partial charge in [-0.25, -0.2) is 12.8 Å². The number of rotatable bonds is 4. The fourth-order valence-corrected chi connectivity index (χ4v) is 4.47. The average molecular weight is 347 g/mol. The van der Waals surface area contributed by atoms with Crippen molar-refractivity contribution in [2.75, 3.05) is 5.32 Å². The first-order chi connectivity index (χ1) is 11.3. The number of halogens is 1. The molecule has 6 heteroatoms. The second-order valence-electron chi connectivity index (χ2n) is 6.23. The first kappa shape index (κ1) is 16.6. The fraction of sp³-hybridized carbons (Fsp3) is 0.278. The minimum absolute atomic E-state index is 0.135.